The van der Waals surface area contributed by atoms with Crippen molar-refractivity contribution in [1.82, 2.24) is 0 Å². The minimum Gasteiger partial charge on any atom is -0.384 e. The molecule has 0 aromatic heterocycles. The van der Waals surface area contributed by atoms with Gasteiger partial charge in [0, 0.05) is 18.4 Å². The van der Waals surface area contributed by atoms with Crippen molar-refractivity contribution < 1.29 is 9.53 Å². The average molecular weight is 158 g/mol. The fourth-order valence-electron chi connectivity index (χ4n) is 1.06. The van der Waals surface area contributed by atoms with Gasteiger partial charge in [0.1, 0.15) is 5.78 Å². The minimum atomic E-state index is -0.238. The summed E-state index contributed by atoms with van der Waals surface area (Å²) < 4.78 is 4.90. The second kappa shape index (κ2) is 3.86. The van der Waals surface area contributed by atoms with Crippen LogP contribution in [-0.2, 0) is 9.53 Å². The molecule has 2 nitrogen and oxygen atoms in total. The Morgan fingerprint density at radius 2 is 1.91 bits per heavy atom. The van der Waals surface area contributed by atoms with E-state index in [0.29, 0.717) is 6.61 Å². The first-order valence-electron chi connectivity index (χ1n) is 3.93. The number of carbonyl (C=O) groups excluding carboxylic acids is 1. The fourth-order valence-corrected chi connectivity index (χ4v) is 1.06. The molecule has 0 aromatic carbocycles. The second-order valence-electron chi connectivity index (χ2n) is 3.97. The number of carbonyl (C=O) groups is 1. The quantitative estimate of drug-likeness (QED) is 0.627. The molecule has 0 aliphatic carbocycles. The highest BCUT2D eigenvalue weighted by Crippen LogP contribution is 2.19. The van der Waals surface area contributed by atoms with E-state index >= 15 is 0 Å². The molecule has 2 heteroatoms. The lowest BCUT2D eigenvalue weighted by Gasteiger charge is -2.20. The number of ether oxygens (including phenoxy) is 1. The van der Waals surface area contributed by atoms with Gasteiger partial charge in [-0.25, -0.2) is 0 Å². The summed E-state index contributed by atoms with van der Waals surface area (Å²) in [7, 11) is 1.62. The highest BCUT2D eigenvalue weighted by Gasteiger charge is 2.26. The lowest BCUT2D eigenvalue weighted by molar-refractivity contribution is -0.131. The Labute approximate surface area is 68.9 Å². The maximum Gasteiger partial charge on any atom is 0.143 e. The van der Waals surface area contributed by atoms with Crippen LogP contribution in [0, 0.1) is 11.3 Å². The van der Waals surface area contributed by atoms with Gasteiger partial charge in [-0.2, -0.15) is 0 Å². The molecule has 0 radical (unpaired) electrons. The molecule has 0 aliphatic rings. The normalized spacial score (nSPS) is 14.6. The smallest absolute Gasteiger partial charge is 0.143 e. The third-order valence-electron chi connectivity index (χ3n) is 1.60. The summed E-state index contributed by atoms with van der Waals surface area (Å²) in [6.45, 7) is 8.22. The zero-order valence-electron chi connectivity index (χ0n) is 8.10. The van der Waals surface area contributed by atoms with Crippen molar-refractivity contribution >= 4 is 5.78 Å². The molecule has 0 spiro atoms. The largest absolute Gasteiger partial charge is 0.384 e. The van der Waals surface area contributed by atoms with Crippen LogP contribution in [0.25, 0.3) is 0 Å². The van der Waals surface area contributed by atoms with Crippen LogP contribution in [0.1, 0.15) is 27.7 Å². The highest BCUT2D eigenvalue weighted by atomic mass is 16.5. The van der Waals surface area contributed by atoms with Crippen LogP contribution < -0.4 is 0 Å². The van der Waals surface area contributed by atoms with E-state index < -0.39 is 0 Å². The Hall–Kier alpha value is -0.370. The van der Waals surface area contributed by atoms with Gasteiger partial charge in [-0.3, -0.25) is 4.79 Å². The zero-order valence-corrected chi connectivity index (χ0v) is 8.10. The van der Waals surface area contributed by atoms with E-state index in [-0.39, 0.29) is 17.1 Å². The molecule has 0 saturated carbocycles. The number of ketones is 1. The summed E-state index contributed by atoms with van der Waals surface area (Å²) in [5.41, 5.74) is -0.238. The Morgan fingerprint density at radius 3 is 2.18 bits per heavy atom. The molecule has 0 rings (SSSR count). The van der Waals surface area contributed by atoms with Gasteiger partial charge >= 0.3 is 0 Å². The molecule has 0 unspecified atom stereocenters. The van der Waals surface area contributed by atoms with Crippen molar-refractivity contribution in [2.45, 2.75) is 27.7 Å². The van der Waals surface area contributed by atoms with Crippen LogP contribution in [0.4, 0.5) is 0 Å². The number of Topliss-reactive ketones (excluding diaryl/α,β-unsaturated/α-hetero) is 1. The maximum absolute atomic E-state index is 11.5. The first-order chi connectivity index (χ1) is 4.89. The summed E-state index contributed by atoms with van der Waals surface area (Å²) in [5, 5.41) is 0. The predicted molar refractivity (Wildman–Crippen MR) is 45.5 cm³/mol. The molecule has 0 amide bonds. The van der Waals surface area contributed by atoms with Crippen molar-refractivity contribution in [3.05, 3.63) is 0 Å². The molecule has 66 valence electrons. The van der Waals surface area contributed by atoms with Gasteiger partial charge in [0.2, 0.25) is 0 Å². The van der Waals surface area contributed by atoms with E-state index in [2.05, 4.69) is 0 Å². The maximum atomic E-state index is 11.5. The van der Waals surface area contributed by atoms with Gasteiger partial charge < -0.3 is 4.74 Å². The molecule has 0 saturated heterocycles. The first kappa shape index (κ1) is 10.6. The lowest BCUT2D eigenvalue weighted by Crippen LogP contribution is -2.29. The lowest BCUT2D eigenvalue weighted by atomic mass is 9.84. The van der Waals surface area contributed by atoms with E-state index in [9.17, 15) is 4.79 Å². The number of hydrogen-bond donors (Lipinski definition) is 0. The molecule has 0 aromatic rings. The molecule has 0 heterocycles. The van der Waals surface area contributed by atoms with E-state index in [4.69, 9.17) is 4.74 Å². The molecule has 0 N–H and O–H groups in total. The molecule has 0 aliphatic heterocycles. The van der Waals surface area contributed by atoms with E-state index in [1.165, 1.54) is 0 Å². The van der Waals surface area contributed by atoms with Crippen molar-refractivity contribution in [2.24, 2.45) is 11.3 Å². The molecular formula is C9H18O2. The summed E-state index contributed by atoms with van der Waals surface area (Å²) >= 11 is 0. The van der Waals surface area contributed by atoms with Crippen molar-refractivity contribution in [2.75, 3.05) is 13.7 Å². The SMILES string of the molecule is COC[C@@H](C)C(=O)C(C)(C)C. The Morgan fingerprint density at radius 1 is 1.45 bits per heavy atom. The predicted octanol–water partition coefficient (Wildman–Crippen LogP) is 1.88. The van der Waals surface area contributed by atoms with Crippen LogP contribution in [-0.4, -0.2) is 19.5 Å². The van der Waals surface area contributed by atoms with Crippen LogP contribution in [0.5, 0.6) is 0 Å². The van der Waals surface area contributed by atoms with Gasteiger partial charge in [-0.1, -0.05) is 27.7 Å². The van der Waals surface area contributed by atoms with Crippen LogP contribution in [0.3, 0.4) is 0 Å². The summed E-state index contributed by atoms with van der Waals surface area (Å²) in [6.07, 6.45) is 0. The summed E-state index contributed by atoms with van der Waals surface area (Å²) in [4.78, 5) is 11.5. The van der Waals surface area contributed by atoms with Gasteiger partial charge in [-0.05, 0) is 0 Å². The number of methoxy groups -OCH3 is 1. The average Bonchev–Trinajstić information content (AvgIpc) is 1.85. The van der Waals surface area contributed by atoms with Crippen molar-refractivity contribution in [3.63, 3.8) is 0 Å². The number of hydrogen-bond acceptors (Lipinski definition) is 2. The third-order valence-corrected chi connectivity index (χ3v) is 1.60. The minimum absolute atomic E-state index is 0.0139. The summed E-state index contributed by atoms with van der Waals surface area (Å²) in [6, 6.07) is 0. The Balaban J connectivity index is 4.03. The van der Waals surface area contributed by atoms with Gasteiger partial charge in [0.05, 0.1) is 6.61 Å². The van der Waals surface area contributed by atoms with Crippen LogP contribution in [0.2, 0.25) is 0 Å². The molecule has 0 fully saturated rings. The van der Waals surface area contributed by atoms with Crippen LogP contribution in [0.15, 0.2) is 0 Å². The fraction of sp³-hybridized carbons (Fsp3) is 0.889. The number of rotatable bonds is 3. The van der Waals surface area contributed by atoms with Gasteiger partial charge in [0.25, 0.3) is 0 Å². The zero-order chi connectivity index (χ0) is 9.07. The van der Waals surface area contributed by atoms with E-state index in [1.807, 2.05) is 27.7 Å². The topological polar surface area (TPSA) is 26.3 Å². The van der Waals surface area contributed by atoms with E-state index in [0.717, 1.165) is 0 Å². The van der Waals surface area contributed by atoms with Crippen molar-refractivity contribution in [3.8, 4) is 0 Å². The van der Waals surface area contributed by atoms with Crippen molar-refractivity contribution in [1.29, 1.82) is 0 Å². The first-order valence-corrected chi connectivity index (χ1v) is 3.93. The van der Waals surface area contributed by atoms with Crippen LogP contribution >= 0.6 is 0 Å². The molecule has 0 bridgehead atoms. The monoisotopic (exact) mass is 158 g/mol. The summed E-state index contributed by atoms with van der Waals surface area (Å²) in [5.74, 6) is 0.277. The Bertz CT molecular complexity index is 133. The van der Waals surface area contributed by atoms with Gasteiger partial charge in [0.15, 0.2) is 0 Å². The molecule has 11 heavy (non-hydrogen) atoms. The highest BCUT2D eigenvalue weighted by molar-refractivity contribution is 5.85. The van der Waals surface area contributed by atoms with Gasteiger partial charge in [-0.15, -0.1) is 0 Å². The molecule has 1 atom stereocenters. The Kier molecular flexibility index (Phi) is 3.73. The third kappa shape index (κ3) is 3.51. The second-order valence-corrected chi connectivity index (χ2v) is 3.97. The standard InChI is InChI=1S/C9H18O2/c1-7(6-11-5)8(10)9(2,3)4/h7H,6H2,1-5H3/t7-/m1/s1. The molecular weight excluding hydrogens is 140 g/mol. The van der Waals surface area contributed by atoms with E-state index in [1.54, 1.807) is 7.11 Å².